The van der Waals surface area contributed by atoms with E-state index in [0.29, 0.717) is 0 Å². The zero-order chi connectivity index (χ0) is 9.80. The molecule has 0 radical (unpaired) electrons. The molecule has 82 valence electrons. The first kappa shape index (κ1) is 10.8. The van der Waals surface area contributed by atoms with Gasteiger partial charge >= 0.3 is 0 Å². The van der Waals surface area contributed by atoms with E-state index in [-0.39, 0.29) is 0 Å². The van der Waals surface area contributed by atoms with Crippen molar-refractivity contribution in [2.45, 2.75) is 25.8 Å². The molecule has 0 aromatic heterocycles. The van der Waals surface area contributed by atoms with Crippen LogP contribution in [0, 0.1) is 5.92 Å². The number of hydrogen-bond acceptors (Lipinski definition) is 3. The van der Waals surface area contributed by atoms with Gasteiger partial charge < -0.3 is 5.32 Å². The largest absolute Gasteiger partial charge is 0.315 e. The van der Waals surface area contributed by atoms with Crippen LogP contribution in [0.2, 0.25) is 0 Å². The molecule has 2 unspecified atom stereocenters. The molecule has 0 saturated carbocycles. The molecule has 0 bridgehead atoms. The molecule has 2 heterocycles. The highest BCUT2D eigenvalue weighted by atomic mass is 32.2. The normalized spacial score (nSPS) is 36.6. The maximum absolute atomic E-state index is 3.52. The van der Waals surface area contributed by atoms with Gasteiger partial charge in [-0.1, -0.05) is 6.92 Å². The van der Waals surface area contributed by atoms with Crippen LogP contribution in [0.3, 0.4) is 0 Å². The number of rotatable bonds is 1. The summed E-state index contributed by atoms with van der Waals surface area (Å²) in [5.74, 6) is 3.58. The Labute approximate surface area is 91.8 Å². The van der Waals surface area contributed by atoms with Crippen LogP contribution in [0.15, 0.2) is 0 Å². The Balaban J connectivity index is 1.87. The van der Waals surface area contributed by atoms with Gasteiger partial charge in [-0.3, -0.25) is 4.90 Å². The van der Waals surface area contributed by atoms with Crippen LogP contribution in [0.4, 0.5) is 0 Å². The summed E-state index contributed by atoms with van der Waals surface area (Å²) < 4.78 is 0. The second-order valence-corrected chi connectivity index (χ2v) is 5.83. The molecular weight excluding hydrogens is 192 g/mol. The van der Waals surface area contributed by atoms with Gasteiger partial charge in [0.25, 0.3) is 0 Å². The number of hydrogen-bond donors (Lipinski definition) is 1. The summed E-state index contributed by atoms with van der Waals surface area (Å²) in [6.07, 6.45) is 2.85. The number of thioether (sulfide) groups is 1. The molecule has 2 saturated heterocycles. The number of nitrogens with one attached hydrogen (secondary N) is 1. The summed E-state index contributed by atoms with van der Waals surface area (Å²) in [4.78, 5) is 2.72. The van der Waals surface area contributed by atoms with Gasteiger partial charge in [0.15, 0.2) is 0 Å². The minimum absolute atomic E-state index is 0.824. The average Bonchev–Trinajstić information content (AvgIpc) is 2.44. The molecular formula is C11H22N2S. The van der Waals surface area contributed by atoms with Crippen molar-refractivity contribution >= 4 is 11.8 Å². The van der Waals surface area contributed by atoms with Crippen LogP contribution < -0.4 is 5.32 Å². The van der Waals surface area contributed by atoms with Gasteiger partial charge in [0, 0.05) is 31.4 Å². The van der Waals surface area contributed by atoms with Crippen molar-refractivity contribution in [3.63, 3.8) is 0 Å². The zero-order valence-corrected chi connectivity index (χ0v) is 9.98. The molecule has 2 nitrogen and oxygen atoms in total. The van der Waals surface area contributed by atoms with Crippen LogP contribution in [0.25, 0.3) is 0 Å². The van der Waals surface area contributed by atoms with Crippen molar-refractivity contribution in [1.29, 1.82) is 0 Å². The van der Waals surface area contributed by atoms with E-state index in [1.165, 1.54) is 50.5 Å². The Morgan fingerprint density at radius 3 is 3.14 bits per heavy atom. The first-order valence-electron chi connectivity index (χ1n) is 5.89. The maximum atomic E-state index is 3.52. The van der Waals surface area contributed by atoms with E-state index in [9.17, 15) is 0 Å². The predicted molar refractivity (Wildman–Crippen MR) is 64.0 cm³/mol. The lowest BCUT2D eigenvalue weighted by molar-refractivity contribution is 0.194. The van der Waals surface area contributed by atoms with Gasteiger partial charge in [0.2, 0.25) is 0 Å². The topological polar surface area (TPSA) is 15.3 Å². The first-order valence-corrected chi connectivity index (χ1v) is 7.04. The predicted octanol–water partition coefficient (Wildman–Crippen LogP) is 1.42. The third kappa shape index (κ3) is 2.88. The van der Waals surface area contributed by atoms with E-state index in [0.717, 1.165) is 12.0 Å². The molecule has 0 aliphatic carbocycles. The van der Waals surface area contributed by atoms with Crippen molar-refractivity contribution in [3.05, 3.63) is 0 Å². The molecule has 2 rings (SSSR count). The lowest BCUT2D eigenvalue weighted by atomic mass is 10.1. The quantitative estimate of drug-likeness (QED) is 0.711. The van der Waals surface area contributed by atoms with E-state index in [2.05, 4.69) is 28.9 Å². The molecule has 14 heavy (non-hydrogen) atoms. The molecule has 0 spiro atoms. The fourth-order valence-electron chi connectivity index (χ4n) is 2.47. The van der Waals surface area contributed by atoms with Crippen molar-refractivity contribution < 1.29 is 0 Å². The van der Waals surface area contributed by atoms with Crippen molar-refractivity contribution in [1.82, 2.24) is 10.2 Å². The van der Waals surface area contributed by atoms with Gasteiger partial charge in [0.1, 0.15) is 0 Å². The second kappa shape index (κ2) is 5.38. The van der Waals surface area contributed by atoms with Crippen molar-refractivity contribution in [3.8, 4) is 0 Å². The van der Waals surface area contributed by atoms with Gasteiger partial charge in [0.05, 0.1) is 0 Å². The second-order valence-electron chi connectivity index (χ2n) is 4.68. The smallest absolute Gasteiger partial charge is 0.0187 e. The fraction of sp³-hybridized carbons (Fsp3) is 1.00. The summed E-state index contributed by atoms with van der Waals surface area (Å²) in [6.45, 7) is 7.32. The molecule has 3 heteroatoms. The molecule has 0 aromatic rings. The van der Waals surface area contributed by atoms with E-state index in [1.807, 2.05) is 0 Å². The summed E-state index contributed by atoms with van der Waals surface area (Å²) in [6, 6.07) is 0.871. The van der Waals surface area contributed by atoms with Gasteiger partial charge in [-0.15, -0.1) is 0 Å². The summed E-state index contributed by atoms with van der Waals surface area (Å²) in [5.41, 5.74) is 0. The van der Waals surface area contributed by atoms with Gasteiger partial charge in [-0.2, -0.15) is 11.8 Å². The van der Waals surface area contributed by atoms with Gasteiger partial charge in [-0.05, 0) is 31.1 Å². The SMILES string of the molecule is CC1CNCCN(C2CCCSC2)C1. The monoisotopic (exact) mass is 214 g/mol. The minimum Gasteiger partial charge on any atom is -0.315 e. The fourth-order valence-corrected chi connectivity index (χ4v) is 3.66. The van der Waals surface area contributed by atoms with Crippen LogP contribution in [0.5, 0.6) is 0 Å². The lowest BCUT2D eigenvalue weighted by Gasteiger charge is -2.33. The highest BCUT2D eigenvalue weighted by Gasteiger charge is 2.23. The number of nitrogens with zero attached hydrogens (tertiary/aromatic N) is 1. The maximum Gasteiger partial charge on any atom is 0.0187 e. The third-order valence-corrected chi connectivity index (χ3v) is 4.47. The molecule has 0 aromatic carbocycles. The minimum atomic E-state index is 0.824. The molecule has 2 fully saturated rings. The standard InChI is InChI=1S/C11H22N2S/c1-10-7-12-4-5-13(8-10)11-3-2-6-14-9-11/h10-12H,2-9H2,1H3. The Morgan fingerprint density at radius 1 is 1.43 bits per heavy atom. The van der Waals surface area contributed by atoms with E-state index >= 15 is 0 Å². The van der Waals surface area contributed by atoms with Crippen molar-refractivity contribution in [2.24, 2.45) is 5.92 Å². The van der Waals surface area contributed by atoms with E-state index in [1.54, 1.807) is 0 Å². The van der Waals surface area contributed by atoms with E-state index in [4.69, 9.17) is 0 Å². The highest BCUT2D eigenvalue weighted by molar-refractivity contribution is 7.99. The Morgan fingerprint density at radius 2 is 2.36 bits per heavy atom. The average molecular weight is 214 g/mol. The molecule has 1 N–H and O–H groups in total. The van der Waals surface area contributed by atoms with Crippen LogP contribution >= 0.6 is 11.8 Å². The Kier molecular flexibility index (Phi) is 4.14. The summed E-state index contributed by atoms with van der Waals surface area (Å²) in [5, 5.41) is 3.52. The molecule has 2 atom stereocenters. The highest BCUT2D eigenvalue weighted by Crippen LogP contribution is 2.22. The van der Waals surface area contributed by atoms with E-state index < -0.39 is 0 Å². The molecule has 2 aliphatic heterocycles. The summed E-state index contributed by atoms with van der Waals surface area (Å²) in [7, 11) is 0. The summed E-state index contributed by atoms with van der Waals surface area (Å²) >= 11 is 2.14. The molecule has 0 amide bonds. The zero-order valence-electron chi connectivity index (χ0n) is 9.17. The van der Waals surface area contributed by atoms with Gasteiger partial charge in [-0.25, -0.2) is 0 Å². The Hall–Kier alpha value is 0.270. The van der Waals surface area contributed by atoms with Crippen molar-refractivity contribution in [2.75, 3.05) is 37.7 Å². The third-order valence-electron chi connectivity index (χ3n) is 3.27. The van der Waals surface area contributed by atoms with Crippen LogP contribution in [-0.4, -0.2) is 48.6 Å². The lowest BCUT2D eigenvalue weighted by Crippen LogP contribution is -2.42. The first-order chi connectivity index (χ1) is 6.86. The Bertz CT molecular complexity index is 169. The van der Waals surface area contributed by atoms with Crippen LogP contribution in [-0.2, 0) is 0 Å². The van der Waals surface area contributed by atoms with Crippen LogP contribution in [0.1, 0.15) is 19.8 Å². The molecule has 2 aliphatic rings.